The number of ether oxygens (including phenoxy) is 1. The van der Waals surface area contributed by atoms with Crippen molar-refractivity contribution in [1.29, 1.82) is 0 Å². The van der Waals surface area contributed by atoms with Crippen LogP contribution in [0.25, 0.3) is 11.1 Å². The van der Waals surface area contributed by atoms with Gasteiger partial charge in [-0.25, -0.2) is 9.37 Å². The molecule has 0 aliphatic heterocycles. The Kier molecular flexibility index (Phi) is 5.45. The Hall–Kier alpha value is -2.61. The molecule has 4 rings (SSSR count). The molecule has 8 heteroatoms. The fraction of sp³-hybridized carbons (Fsp3) is 0.476. The van der Waals surface area contributed by atoms with Gasteiger partial charge in [0.15, 0.2) is 0 Å². The van der Waals surface area contributed by atoms with E-state index in [1.165, 1.54) is 24.4 Å². The lowest BCUT2D eigenvalue weighted by molar-refractivity contribution is -0.118. The SMILES string of the molecule is Cc1ncc(OCF)cc1-c1ccc(NC(=O)[C@@H](N)C(C2CC2)C2CC2)nc1F. The van der Waals surface area contributed by atoms with Crippen molar-refractivity contribution in [1.82, 2.24) is 9.97 Å². The minimum Gasteiger partial charge on any atom is -0.461 e. The number of hydrogen-bond donors (Lipinski definition) is 2. The van der Waals surface area contributed by atoms with E-state index in [1.807, 2.05) is 0 Å². The molecule has 0 bridgehead atoms. The van der Waals surface area contributed by atoms with Crippen molar-refractivity contribution in [2.24, 2.45) is 23.5 Å². The van der Waals surface area contributed by atoms with Crippen LogP contribution in [0.3, 0.4) is 0 Å². The Labute approximate surface area is 167 Å². The first kappa shape index (κ1) is 19.7. The van der Waals surface area contributed by atoms with Gasteiger partial charge in [0.05, 0.1) is 12.2 Å². The van der Waals surface area contributed by atoms with E-state index in [0.29, 0.717) is 23.1 Å². The molecular weight excluding hydrogens is 378 g/mol. The van der Waals surface area contributed by atoms with Crippen LogP contribution in [0.15, 0.2) is 24.4 Å². The number of nitrogens with one attached hydrogen (secondary N) is 1. The number of amides is 1. The lowest BCUT2D eigenvalue weighted by Crippen LogP contribution is -2.44. The standard InChI is InChI=1S/C21H24F2N4O2/c1-11-16(8-14(9-25-11)29-10-22)15-6-7-17(26-20(15)23)27-21(28)19(24)18(12-2-3-12)13-4-5-13/h6-9,12-13,18-19H,2-5,10,24H2,1H3,(H,26,27,28)/t19-/m0/s1. The van der Waals surface area contributed by atoms with Gasteiger partial charge in [-0.3, -0.25) is 9.78 Å². The second-order valence-corrected chi connectivity index (χ2v) is 7.86. The van der Waals surface area contributed by atoms with Gasteiger partial charge >= 0.3 is 0 Å². The molecule has 2 aliphatic rings. The quantitative estimate of drug-likeness (QED) is 0.659. The van der Waals surface area contributed by atoms with Gasteiger partial charge in [0.2, 0.25) is 18.7 Å². The first-order valence-corrected chi connectivity index (χ1v) is 9.86. The highest BCUT2D eigenvalue weighted by atomic mass is 19.1. The van der Waals surface area contributed by atoms with Crippen molar-refractivity contribution < 1.29 is 18.3 Å². The Morgan fingerprint density at radius 3 is 2.55 bits per heavy atom. The maximum Gasteiger partial charge on any atom is 0.242 e. The number of aromatic nitrogens is 2. The molecule has 2 saturated carbocycles. The van der Waals surface area contributed by atoms with Crippen LogP contribution in [0.4, 0.5) is 14.6 Å². The monoisotopic (exact) mass is 402 g/mol. The van der Waals surface area contributed by atoms with Crippen LogP contribution < -0.4 is 15.8 Å². The smallest absolute Gasteiger partial charge is 0.242 e. The number of halogens is 2. The maximum atomic E-state index is 14.7. The number of carbonyl (C=O) groups excluding carboxylic acids is 1. The van der Waals surface area contributed by atoms with E-state index >= 15 is 0 Å². The van der Waals surface area contributed by atoms with Gasteiger partial charge in [-0.1, -0.05) is 0 Å². The highest BCUT2D eigenvalue weighted by Crippen LogP contribution is 2.50. The predicted octanol–water partition coefficient (Wildman–Crippen LogP) is 3.60. The molecular formula is C21H24F2N4O2. The zero-order valence-electron chi connectivity index (χ0n) is 16.2. The third-order valence-corrected chi connectivity index (χ3v) is 5.72. The molecule has 29 heavy (non-hydrogen) atoms. The van der Waals surface area contributed by atoms with Gasteiger partial charge in [0, 0.05) is 16.8 Å². The second-order valence-electron chi connectivity index (χ2n) is 7.86. The summed E-state index contributed by atoms with van der Waals surface area (Å²) in [6, 6.07) is 3.92. The van der Waals surface area contributed by atoms with Crippen molar-refractivity contribution >= 4 is 11.7 Å². The first-order valence-electron chi connectivity index (χ1n) is 9.86. The molecule has 0 unspecified atom stereocenters. The van der Waals surface area contributed by atoms with Crippen LogP contribution in [-0.4, -0.2) is 28.8 Å². The zero-order valence-corrected chi connectivity index (χ0v) is 16.2. The number of pyridine rings is 2. The number of nitrogens with two attached hydrogens (primary N) is 1. The van der Waals surface area contributed by atoms with Crippen LogP contribution in [0.2, 0.25) is 0 Å². The van der Waals surface area contributed by atoms with E-state index < -0.39 is 18.9 Å². The van der Waals surface area contributed by atoms with Crippen LogP contribution >= 0.6 is 0 Å². The number of carbonyl (C=O) groups is 1. The van der Waals surface area contributed by atoms with Crippen LogP contribution in [0.1, 0.15) is 31.4 Å². The van der Waals surface area contributed by atoms with Crippen LogP contribution in [0, 0.1) is 30.6 Å². The lowest BCUT2D eigenvalue weighted by Gasteiger charge is -2.22. The summed E-state index contributed by atoms with van der Waals surface area (Å²) in [5, 5.41) is 2.65. The summed E-state index contributed by atoms with van der Waals surface area (Å²) < 4.78 is 31.9. The summed E-state index contributed by atoms with van der Waals surface area (Å²) in [7, 11) is 0. The molecule has 0 saturated heterocycles. The number of anilines is 1. The Morgan fingerprint density at radius 2 is 1.97 bits per heavy atom. The second kappa shape index (κ2) is 8.02. The van der Waals surface area contributed by atoms with E-state index in [-0.39, 0.29) is 29.0 Å². The molecule has 2 fully saturated rings. The molecule has 2 aliphatic carbocycles. The van der Waals surface area contributed by atoms with Crippen LogP contribution in [-0.2, 0) is 4.79 Å². The summed E-state index contributed by atoms with van der Waals surface area (Å²) in [5.74, 6) is 0.477. The van der Waals surface area contributed by atoms with Gasteiger partial charge < -0.3 is 15.8 Å². The summed E-state index contributed by atoms with van der Waals surface area (Å²) in [6.07, 6.45) is 5.88. The fourth-order valence-electron chi connectivity index (χ4n) is 3.95. The summed E-state index contributed by atoms with van der Waals surface area (Å²) in [5.41, 5.74) is 7.41. The van der Waals surface area contributed by atoms with Gasteiger partial charge in [0.1, 0.15) is 11.6 Å². The molecule has 6 nitrogen and oxygen atoms in total. The van der Waals surface area contributed by atoms with Crippen molar-refractivity contribution in [3.05, 3.63) is 36.0 Å². The third kappa shape index (κ3) is 4.37. The lowest BCUT2D eigenvalue weighted by atomic mass is 9.89. The average molecular weight is 402 g/mol. The van der Waals surface area contributed by atoms with Gasteiger partial charge in [-0.05, 0) is 68.6 Å². The van der Waals surface area contributed by atoms with Crippen molar-refractivity contribution in [2.45, 2.75) is 38.6 Å². The molecule has 154 valence electrons. The fourth-order valence-corrected chi connectivity index (χ4v) is 3.95. The number of aryl methyl sites for hydroxylation is 1. The number of hydrogen-bond acceptors (Lipinski definition) is 5. The molecule has 2 heterocycles. The summed E-state index contributed by atoms with van der Waals surface area (Å²) >= 11 is 0. The number of nitrogens with zero attached hydrogens (tertiary/aromatic N) is 2. The van der Waals surface area contributed by atoms with Gasteiger partial charge in [-0.15, -0.1) is 0 Å². The Morgan fingerprint density at radius 1 is 1.28 bits per heavy atom. The predicted molar refractivity (Wildman–Crippen MR) is 104 cm³/mol. The molecule has 0 spiro atoms. The van der Waals surface area contributed by atoms with E-state index in [9.17, 15) is 13.6 Å². The van der Waals surface area contributed by atoms with E-state index in [4.69, 9.17) is 10.5 Å². The highest BCUT2D eigenvalue weighted by molar-refractivity contribution is 5.94. The normalized spacial score (nSPS) is 17.3. The molecule has 2 aromatic heterocycles. The third-order valence-electron chi connectivity index (χ3n) is 5.72. The molecule has 3 N–H and O–H groups in total. The molecule has 0 aromatic carbocycles. The summed E-state index contributed by atoms with van der Waals surface area (Å²) in [6.45, 7) is 0.706. The van der Waals surface area contributed by atoms with Crippen molar-refractivity contribution in [3.8, 4) is 16.9 Å². The molecule has 0 radical (unpaired) electrons. The molecule has 2 aromatic rings. The van der Waals surface area contributed by atoms with Gasteiger partial charge in [-0.2, -0.15) is 4.39 Å². The van der Waals surface area contributed by atoms with Crippen molar-refractivity contribution in [2.75, 3.05) is 12.2 Å². The number of rotatable bonds is 8. The highest BCUT2D eigenvalue weighted by Gasteiger charge is 2.46. The summed E-state index contributed by atoms with van der Waals surface area (Å²) in [4.78, 5) is 20.6. The maximum absolute atomic E-state index is 14.7. The van der Waals surface area contributed by atoms with E-state index in [2.05, 4.69) is 15.3 Å². The minimum absolute atomic E-state index is 0.110. The first-order chi connectivity index (χ1) is 14.0. The molecule has 1 atom stereocenters. The average Bonchev–Trinajstić information content (AvgIpc) is 3.59. The van der Waals surface area contributed by atoms with E-state index in [0.717, 1.165) is 25.7 Å². The van der Waals surface area contributed by atoms with Gasteiger partial charge in [0.25, 0.3) is 0 Å². The van der Waals surface area contributed by atoms with Crippen molar-refractivity contribution in [3.63, 3.8) is 0 Å². The minimum atomic E-state index is -1.00. The number of alkyl halides is 1. The topological polar surface area (TPSA) is 90.1 Å². The Balaban J connectivity index is 1.50. The Bertz CT molecular complexity index is 904. The van der Waals surface area contributed by atoms with Crippen LogP contribution in [0.5, 0.6) is 5.75 Å². The largest absolute Gasteiger partial charge is 0.461 e. The zero-order chi connectivity index (χ0) is 20.5. The van der Waals surface area contributed by atoms with E-state index in [1.54, 1.807) is 6.92 Å². The molecule has 1 amide bonds.